The van der Waals surface area contributed by atoms with Crippen molar-refractivity contribution in [3.05, 3.63) is 218 Å². The first kappa shape index (κ1) is 35.9. The lowest BCUT2D eigenvalue weighted by Gasteiger charge is -2.20. The second-order valence-corrected chi connectivity index (χ2v) is 19.1. The zero-order valence-electron chi connectivity index (χ0n) is 34.6. The summed E-state index contributed by atoms with van der Waals surface area (Å²) in [5, 5.41) is 18.1. The summed E-state index contributed by atoms with van der Waals surface area (Å²) < 4.78 is 5.41. The van der Waals surface area contributed by atoms with Crippen molar-refractivity contribution in [2.24, 2.45) is 0 Å². The highest BCUT2D eigenvalue weighted by atomic mass is 32.1. The molecule has 2 heterocycles. The van der Waals surface area contributed by atoms with Gasteiger partial charge in [0.2, 0.25) is 0 Å². The molecule has 2 heteroatoms. The van der Waals surface area contributed by atoms with Crippen LogP contribution in [0.1, 0.15) is 0 Å². The first-order valence-electron chi connectivity index (χ1n) is 22.0. The smallest absolute Gasteiger partial charge is 0.0448 e. The molecule has 0 nitrogen and oxygen atoms in total. The first-order chi connectivity index (χ1) is 31.8. The number of hydrogen-bond acceptors (Lipinski definition) is 2. The Morgan fingerprint density at radius 3 is 1.50 bits per heavy atom. The van der Waals surface area contributed by atoms with E-state index in [9.17, 15) is 0 Å². The van der Waals surface area contributed by atoms with Gasteiger partial charge in [-0.05, 0) is 117 Å². The Labute approximate surface area is 377 Å². The third-order valence-electron chi connectivity index (χ3n) is 13.6. The molecule has 0 saturated heterocycles. The summed E-state index contributed by atoms with van der Waals surface area (Å²) in [5.41, 5.74) is 10.1. The van der Waals surface area contributed by atoms with Gasteiger partial charge in [0.1, 0.15) is 0 Å². The minimum absolute atomic E-state index is 1.22. The van der Waals surface area contributed by atoms with Gasteiger partial charge in [0.05, 0.1) is 0 Å². The molecule has 0 N–H and O–H groups in total. The topological polar surface area (TPSA) is 0 Å². The molecule has 0 radical (unpaired) electrons. The van der Waals surface area contributed by atoms with Crippen LogP contribution < -0.4 is 0 Å². The third kappa shape index (κ3) is 5.21. The predicted octanol–water partition coefficient (Wildman–Crippen LogP) is 18.9. The monoisotopic (exact) mass is 844 g/mol. The van der Waals surface area contributed by atoms with Gasteiger partial charge in [-0.25, -0.2) is 0 Å². The lowest BCUT2D eigenvalue weighted by molar-refractivity contribution is 1.63. The van der Waals surface area contributed by atoms with E-state index in [0.717, 1.165) is 0 Å². The Bertz CT molecular complexity index is 4200. The summed E-state index contributed by atoms with van der Waals surface area (Å²) in [4.78, 5) is 0. The van der Waals surface area contributed by atoms with Crippen LogP contribution in [-0.2, 0) is 0 Å². The van der Waals surface area contributed by atoms with Gasteiger partial charge in [0, 0.05) is 45.9 Å². The van der Waals surface area contributed by atoms with Crippen molar-refractivity contribution in [2.45, 2.75) is 0 Å². The van der Waals surface area contributed by atoms with Crippen LogP contribution in [-0.4, -0.2) is 0 Å². The van der Waals surface area contributed by atoms with Crippen molar-refractivity contribution in [3.8, 4) is 44.5 Å². The van der Waals surface area contributed by atoms with Gasteiger partial charge in [-0.1, -0.05) is 194 Å². The molecule has 12 aromatic carbocycles. The SMILES string of the molecule is c1cc(-c2cccc3ccccc23)cc(-c2c3ccccc3c(-c3ccc(-c4c5ccccc5cc5c4sc4ccc6c7ccccc7sc6c45)c4ccccc34)c3ccccc23)c1. The van der Waals surface area contributed by atoms with E-state index in [1.165, 1.54) is 139 Å². The number of benzene rings is 12. The largest absolute Gasteiger partial charge is 0.134 e. The van der Waals surface area contributed by atoms with Crippen LogP contribution in [0.5, 0.6) is 0 Å². The molecular formula is C62H36S2. The van der Waals surface area contributed by atoms with Crippen molar-refractivity contribution in [2.75, 3.05) is 0 Å². The Hall–Kier alpha value is -7.62. The number of rotatable bonds is 4. The molecule has 296 valence electrons. The van der Waals surface area contributed by atoms with Gasteiger partial charge in [0.15, 0.2) is 0 Å². The average Bonchev–Trinajstić information content (AvgIpc) is 3.93. The van der Waals surface area contributed by atoms with Gasteiger partial charge >= 0.3 is 0 Å². The molecule has 64 heavy (non-hydrogen) atoms. The van der Waals surface area contributed by atoms with E-state index in [-0.39, 0.29) is 0 Å². The summed E-state index contributed by atoms with van der Waals surface area (Å²) in [5.74, 6) is 0. The van der Waals surface area contributed by atoms with E-state index in [4.69, 9.17) is 0 Å². The molecule has 0 fully saturated rings. The molecule has 14 rings (SSSR count). The average molecular weight is 845 g/mol. The fourth-order valence-electron chi connectivity index (χ4n) is 10.9. The van der Waals surface area contributed by atoms with Crippen molar-refractivity contribution < 1.29 is 0 Å². The standard InChI is InChI=1S/C62H36S2/c1-3-20-41-37(15-1)17-14-29-42(41)38-18-13-19-40(35-38)57-47-25-7-9-27-49(47)58(50-28-10-8-26-48(50)57)51-31-32-52(45-23-6-5-22-44(45)51)59-43-21-4-2-16-39(43)36-54-60-56(64-62(54)59)34-33-53-46-24-11-12-30-55(46)63-61(53)60/h1-36H. The number of thiophene rings is 2. The summed E-state index contributed by atoms with van der Waals surface area (Å²) in [6.45, 7) is 0. The molecule has 0 atom stereocenters. The third-order valence-corrected chi connectivity index (χ3v) is 16.0. The van der Waals surface area contributed by atoms with Gasteiger partial charge < -0.3 is 0 Å². The Kier molecular flexibility index (Phi) is 7.83. The van der Waals surface area contributed by atoms with E-state index in [1.54, 1.807) is 0 Å². The highest BCUT2D eigenvalue weighted by Crippen LogP contribution is 2.52. The van der Waals surface area contributed by atoms with Crippen molar-refractivity contribution >= 4 is 117 Å². The van der Waals surface area contributed by atoms with Crippen LogP contribution in [0.25, 0.3) is 139 Å². The van der Waals surface area contributed by atoms with Crippen LogP contribution in [0, 0.1) is 0 Å². The lowest BCUT2D eigenvalue weighted by atomic mass is 9.83. The molecule has 0 aliphatic carbocycles. The second-order valence-electron chi connectivity index (χ2n) is 17.0. The highest BCUT2D eigenvalue weighted by molar-refractivity contribution is 7.30. The first-order valence-corrected chi connectivity index (χ1v) is 23.6. The van der Waals surface area contributed by atoms with Gasteiger partial charge in [0.25, 0.3) is 0 Å². The van der Waals surface area contributed by atoms with Crippen molar-refractivity contribution in [1.82, 2.24) is 0 Å². The molecule has 0 unspecified atom stereocenters. The minimum atomic E-state index is 1.22. The van der Waals surface area contributed by atoms with Crippen LogP contribution >= 0.6 is 22.7 Å². The quantitative estimate of drug-likeness (QED) is 0.155. The van der Waals surface area contributed by atoms with Gasteiger partial charge in [-0.2, -0.15) is 0 Å². The maximum Gasteiger partial charge on any atom is 0.0448 e. The lowest BCUT2D eigenvalue weighted by Crippen LogP contribution is -1.93. The predicted molar refractivity (Wildman–Crippen MR) is 281 cm³/mol. The number of fused-ring (bicyclic) bond motifs is 12. The van der Waals surface area contributed by atoms with Crippen LogP contribution in [0.15, 0.2) is 218 Å². The maximum absolute atomic E-state index is 2.45. The Morgan fingerprint density at radius 1 is 0.234 bits per heavy atom. The van der Waals surface area contributed by atoms with E-state index in [0.29, 0.717) is 0 Å². The zero-order chi connectivity index (χ0) is 41.9. The molecule has 0 bridgehead atoms. The Morgan fingerprint density at radius 2 is 0.766 bits per heavy atom. The molecule has 14 aromatic rings. The molecule has 0 aliphatic rings. The second kappa shape index (κ2) is 13.9. The summed E-state index contributed by atoms with van der Waals surface area (Å²) in [7, 11) is 0. The molecule has 0 spiro atoms. The molecular weight excluding hydrogens is 809 g/mol. The van der Waals surface area contributed by atoms with Crippen LogP contribution in [0.4, 0.5) is 0 Å². The van der Waals surface area contributed by atoms with Gasteiger partial charge in [-0.3, -0.25) is 0 Å². The van der Waals surface area contributed by atoms with E-state index in [1.807, 2.05) is 22.7 Å². The summed E-state index contributed by atoms with van der Waals surface area (Å²) in [6.07, 6.45) is 0. The van der Waals surface area contributed by atoms with Gasteiger partial charge in [-0.15, -0.1) is 22.7 Å². The fraction of sp³-hybridized carbons (Fsp3) is 0. The van der Waals surface area contributed by atoms with E-state index < -0.39 is 0 Å². The molecule has 0 saturated carbocycles. The zero-order valence-corrected chi connectivity index (χ0v) is 36.2. The highest BCUT2D eigenvalue weighted by Gasteiger charge is 2.23. The number of hydrogen-bond donors (Lipinski definition) is 0. The molecule has 2 aromatic heterocycles. The normalized spacial score (nSPS) is 12.1. The maximum atomic E-state index is 2.45. The Balaban J connectivity index is 1.02. The van der Waals surface area contributed by atoms with Crippen molar-refractivity contribution in [3.63, 3.8) is 0 Å². The van der Waals surface area contributed by atoms with Crippen molar-refractivity contribution in [1.29, 1.82) is 0 Å². The molecule has 0 aliphatic heterocycles. The van der Waals surface area contributed by atoms with Crippen LogP contribution in [0.3, 0.4) is 0 Å². The van der Waals surface area contributed by atoms with E-state index in [2.05, 4.69) is 218 Å². The molecule has 0 amide bonds. The van der Waals surface area contributed by atoms with E-state index >= 15 is 0 Å². The minimum Gasteiger partial charge on any atom is -0.134 e. The van der Waals surface area contributed by atoms with Crippen LogP contribution in [0.2, 0.25) is 0 Å². The summed E-state index contributed by atoms with van der Waals surface area (Å²) >= 11 is 3.87. The fourth-order valence-corrected chi connectivity index (χ4v) is 13.5. The summed E-state index contributed by atoms with van der Waals surface area (Å²) in [6, 6.07) is 81.6.